The van der Waals surface area contributed by atoms with Gasteiger partial charge in [0.05, 0.1) is 6.61 Å². The van der Waals surface area contributed by atoms with E-state index in [0.29, 0.717) is 5.92 Å². The number of nitrogens with one attached hydrogen (secondary N) is 1. The highest BCUT2D eigenvalue weighted by atomic mass is 32.1. The molecule has 0 aliphatic rings. The van der Waals surface area contributed by atoms with Crippen molar-refractivity contribution < 1.29 is 4.74 Å². The van der Waals surface area contributed by atoms with E-state index in [2.05, 4.69) is 50.5 Å². The molecule has 0 atom stereocenters. The molecule has 1 aromatic heterocycles. The zero-order chi connectivity index (χ0) is 12.7. The van der Waals surface area contributed by atoms with Crippen LogP contribution in [0.5, 0.6) is 0 Å². The number of hydrogen-bond donors (Lipinski definition) is 1. The first-order chi connectivity index (χ1) is 8.02. The van der Waals surface area contributed by atoms with Crippen LogP contribution in [0.3, 0.4) is 0 Å². The summed E-state index contributed by atoms with van der Waals surface area (Å²) in [7, 11) is 0. The molecule has 0 radical (unpaired) electrons. The average Bonchev–Trinajstić information content (AvgIpc) is 2.76. The predicted molar refractivity (Wildman–Crippen MR) is 75.9 cm³/mol. The van der Waals surface area contributed by atoms with Crippen LogP contribution in [-0.4, -0.2) is 26.3 Å². The molecule has 0 saturated heterocycles. The van der Waals surface area contributed by atoms with Crippen LogP contribution in [0.2, 0.25) is 0 Å². The van der Waals surface area contributed by atoms with Crippen LogP contribution in [0.15, 0.2) is 17.5 Å². The first-order valence-corrected chi connectivity index (χ1v) is 7.23. The summed E-state index contributed by atoms with van der Waals surface area (Å²) >= 11 is 1.83. The quantitative estimate of drug-likeness (QED) is 0.720. The van der Waals surface area contributed by atoms with Crippen LogP contribution in [0.25, 0.3) is 0 Å². The molecule has 0 amide bonds. The zero-order valence-electron chi connectivity index (χ0n) is 11.5. The van der Waals surface area contributed by atoms with Gasteiger partial charge in [0.1, 0.15) is 0 Å². The molecule has 0 aliphatic carbocycles. The maximum atomic E-state index is 5.54. The van der Waals surface area contributed by atoms with Crippen molar-refractivity contribution in [3.8, 4) is 0 Å². The molecule has 0 unspecified atom stereocenters. The summed E-state index contributed by atoms with van der Waals surface area (Å²) in [5, 5.41) is 5.61. The van der Waals surface area contributed by atoms with Gasteiger partial charge in [-0.3, -0.25) is 0 Å². The van der Waals surface area contributed by atoms with E-state index < -0.39 is 0 Å². The van der Waals surface area contributed by atoms with Gasteiger partial charge in [-0.25, -0.2) is 0 Å². The summed E-state index contributed by atoms with van der Waals surface area (Å²) in [5.41, 5.74) is 0.214. The maximum Gasteiger partial charge on any atom is 0.0591 e. The number of ether oxygens (including phenoxy) is 1. The molecule has 3 heteroatoms. The molecular weight excluding hydrogens is 230 g/mol. The van der Waals surface area contributed by atoms with Crippen LogP contribution in [0.4, 0.5) is 0 Å². The van der Waals surface area contributed by atoms with Gasteiger partial charge in [0.2, 0.25) is 0 Å². The van der Waals surface area contributed by atoms with Crippen molar-refractivity contribution in [1.29, 1.82) is 0 Å². The average molecular weight is 255 g/mol. The molecule has 1 rings (SSSR count). The van der Waals surface area contributed by atoms with E-state index in [1.807, 2.05) is 11.3 Å². The molecule has 0 fully saturated rings. The van der Waals surface area contributed by atoms with Crippen LogP contribution in [0.1, 0.15) is 32.6 Å². The van der Waals surface area contributed by atoms with Crippen molar-refractivity contribution in [3.05, 3.63) is 22.4 Å². The van der Waals surface area contributed by atoms with Crippen molar-refractivity contribution >= 4 is 11.3 Å². The Morgan fingerprint density at radius 2 is 2.18 bits per heavy atom. The molecule has 17 heavy (non-hydrogen) atoms. The van der Waals surface area contributed by atoms with Gasteiger partial charge >= 0.3 is 0 Å². The first kappa shape index (κ1) is 14.7. The lowest BCUT2D eigenvalue weighted by Crippen LogP contribution is -2.34. The van der Waals surface area contributed by atoms with E-state index in [4.69, 9.17) is 4.74 Å². The smallest absolute Gasteiger partial charge is 0.0591 e. The highest BCUT2D eigenvalue weighted by Crippen LogP contribution is 2.26. The molecular formula is C14H25NOS. The van der Waals surface area contributed by atoms with Gasteiger partial charge in [0.15, 0.2) is 0 Å². The second-order valence-corrected chi connectivity index (χ2v) is 6.45. The van der Waals surface area contributed by atoms with Gasteiger partial charge in [0.25, 0.3) is 0 Å². The van der Waals surface area contributed by atoms with E-state index in [1.165, 1.54) is 4.88 Å². The minimum atomic E-state index is 0.214. The fraction of sp³-hybridized carbons (Fsp3) is 0.714. The SMILES string of the molecule is CC(C)COCCNCC(C)(C)c1cccs1. The normalized spacial score (nSPS) is 12.3. The lowest BCUT2D eigenvalue weighted by Gasteiger charge is -2.23. The second-order valence-electron chi connectivity index (χ2n) is 5.51. The summed E-state index contributed by atoms with van der Waals surface area (Å²) in [6, 6.07) is 4.33. The maximum absolute atomic E-state index is 5.54. The van der Waals surface area contributed by atoms with Crippen molar-refractivity contribution in [2.24, 2.45) is 5.92 Å². The van der Waals surface area contributed by atoms with Crippen molar-refractivity contribution in [3.63, 3.8) is 0 Å². The molecule has 0 saturated carbocycles. The first-order valence-electron chi connectivity index (χ1n) is 6.35. The molecule has 0 bridgehead atoms. The van der Waals surface area contributed by atoms with Crippen molar-refractivity contribution in [1.82, 2.24) is 5.32 Å². The molecule has 2 nitrogen and oxygen atoms in total. The molecule has 0 aliphatic heterocycles. The van der Waals surface area contributed by atoms with Gasteiger partial charge in [-0.1, -0.05) is 33.8 Å². The van der Waals surface area contributed by atoms with Gasteiger partial charge in [-0.15, -0.1) is 11.3 Å². The number of thiophene rings is 1. The van der Waals surface area contributed by atoms with Crippen molar-refractivity contribution in [2.75, 3.05) is 26.3 Å². The standard InChI is InChI=1S/C14H25NOS/c1-12(2)10-16-8-7-15-11-14(3,4)13-6-5-9-17-13/h5-6,9,12,15H,7-8,10-11H2,1-4H3. The van der Waals surface area contributed by atoms with Gasteiger partial charge in [-0.2, -0.15) is 0 Å². The Hall–Kier alpha value is -0.380. The zero-order valence-corrected chi connectivity index (χ0v) is 12.3. The third kappa shape index (κ3) is 5.66. The Kier molecular flexibility index (Phi) is 6.17. The molecule has 1 aromatic rings. The summed E-state index contributed by atoms with van der Waals surface area (Å²) in [5.74, 6) is 0.623. The van der Waals surface area contributed by atoms with Crippen LogP contribution < -0.4 is 5.32 Å². The monoisotopic (exact) mass is 255 g/mol. The molecule has 1 N–H and O–H groups in total. The Morgan fingerprint density at radius 3 is 2.76 bits per heavy atom. The van der Waals surface area contributed by atoms with Gasteiger partial charge < -0.3 is 10.1 Å². The van der Waals surface area contributed by atoms with E-state index in [9.17, 15) is 0 Å². The Bertz CT molecular complexity index is 293. The van der Waals surface area contributed by atoms with Crippen LogP contribution in [-0.2, 0) is 10.2 Å². The number of hydrogen-bond acceptors (Lipinski definition) is 3. The summed E-state index contributed by atoms with van der Waals surface area (Å²) in [6.45, 7) is 12.5. The lowest BCUT2D eigenvalue weighted by molar-refractivity contribution is 0.111. The van der Waals surface area contributed by atoms with E-state index in [1.54, 1.807) is 0 Å². The van der Waals surface area contributed by atoms with Crippen LogP contribution >= 0.6 is 11.3 Å². The van der Waals surface area contributed by atoms with Crippen LogP contribution in [0, 0.1) is 5.92 Å². The Morgan fingerprint density at radius 1 is 1.41 bits per heavy atom. The van der Waals surface area contributed by atoms with Gasteiger partial charge in [-0.05, 0) is 17.4 Å². The minimum absolute atomic E-state index is 0.214. The fourth-order valence-corrected chi connectivity index (χ4v) is 2.47. The summed E-state index contributed by atoms with van der Waals surface area (Å²) in [4.78, 5) is 1.44. The van der Waals surface area contributed by atoms with E-state index in [0.717, 1.165) is 26.3 Å². The summed E-state index contributed by atoms with van der Waals surface area (Å²) < 4.78 is 5.54. The third-order valence-corrected chi connectivity index (χ3v) is 3.87. The Labute approximate surface area is 109 Å². The van der Waals surface area contributed by atoms with Crippen molar-refractivity contribution in [2.45, 2.75) is 33.1 Å². The fourth-order valence-electron chi connectivity index (χ4n) is 1.62. The molecule has 1 heterocycles. The minimum Gasteiger partial charge on any atom is -0.380 e. The summed E-state index contributed by atoms with van der Waals surface area (Å²) in [6.07, 6.45) is 0. The molecule has 98 valence electrons. The third-order valence-electron chi connectivity index (χ3n) is 2.63. The predicted octanol–water partition coefficient (Wildman–Crippen LogP) is 3.29. The highest BCUT2D eigenvalue weighted by molar-refractivity contribution is 7.10. The largest absolute Gasteiger partial charge is 0.380 e. The Balaban J connectivity index is 2.14. The van der Waals surface area contributed by atoms with E-state index >= 15 is 0 Å². The molecule has 0 aromatic carbocycles. The van der Waals surface area contributed by atoms with Gasteiger partial charge in [0, 0.05) is 30.0 Å². The molecule has 0 spiro atoms. The lowest BCUT2D eigenvalue weighted by atomic mass is 9.91. The topological polar surface area (TPSA) is 21.3 Å². The second kappa shape index (κ2) is 7.14. The van der Waals surface area contributed by atoms with E-state index in [-0.39, 0.29) is 5.41 Å². The highest BCUT2D eigenvalue weighted by Gasteiger charge is 2.20. The number of rotatable bonds is 8.